The standard InChI is InChI=1S/2C59H37N3/c2*1-2-18-41(19-3-1)62-58-52-30-11-5-22-44(52)43-21-4-10-29-51(43)57(58)60-59(62)39-35-33-38(34-36-39)55-47-25-6-8-27-49(47)56(50-28-9-7-26-48(50)55)40-17-16-20-42(37-40)61-53-31-14-12-23-45(53)46-24-13-15-32-54(46)61/h2*1-37H. The number of benzene rings is 22. The largest absolute Gasteiger partial charge is 0.309 e. The molecule has 0 amide bonds. The summed E-state index contributed by atoms with van der Waals surface area (Å²) >= 11 is 0. The van der Waals surface area contributed by atoms with Crippen LogP contribution in [0.5, 0.6) is 0 Å². The SMILES string of the molecule is c1ccc(-n2c(-c3ccc(-c4c5ccccc5c(-c5cccc(-n6c7ccccc7c7ccccc76)c5)c5ccccc45)cc3)nc3c4ccccc4c4ccccc4c32)cc1.c1ccc(-n2c(-c3ccc(-c4c5ccccc5c(-c5cccc(-n6c7ccccc7c7ccccc76)c5)c5ccccc45)cc3)nc3c4ccccc4c4ccccc4c32)cc1. The minimum Gasteiger partial charge on any atom is -0.309 e. The van der Waals surface area contributed by atoms with Crippen molar-refractivity contribution in [1.29, 1.82) is 0 Å². The van der Waals surface area contributed by atoms with E-state index < -0.39 is 0 Å². The molecule has 0 N–H and O–H groups in total. The summed E-state index contributed by atoms with van der Waals surface area (Å²) in [6.07, 6.45) is 0. The van der Waals surface area contributed by atoms with Crippen molar-refractivity contribution in [3.05, 3.63) is 449 Å². The van der Waals surface area contributed by atoms with Gasteiger partial charge in [-0.1, -0.05) is 376 Å². The van der Waals surface area contributed by atoms with Crippen LogP contribution >= 0.6 is 0 Å². The van der Waals surface area contributed by atoms with Crippen molar-refractivity contribution in [2.45, 2.75) is 0 Å². The van der Waals surface area contributed by atoms with Gasteiger partial charge in [0.2, 0.25) is 0 Å². The van der Waals surface area contributed by atoms with Crippen molar-refractivity contribution in [2.24, 2.45) is 0 Å². The average molecular weight is 1580 g/mol. The minimum absolute atomic E-state index is 0.924. The van der Waals surface area contributed by atoms with Crippen LogP contribution in [0.1, 0.15) is 0 Å². The summed E-state index contributed by atoms with van der Waals surface area (Å²) in [5, 5.41) is 24.5. The maximum atomic E-state index is 5.51. The Bertz CT molecular complexity index is 8110. The molecule has 0 aliphatic carbocycles. The van der Waals surface area contributed by atoms with Crippen LogP contribution < -0.4 is 0 Å². The molecular weight excluding hydrogens is 1500 g/mol. The van der Waals surface area contributed by atoms with Gasteiger partial charge < -0.3 is 9.13 Å². The Hall–Kier alpha value is -16.5. The lowest BCUT2D eigenvalue weighted by atomic mass is 9.86. The summed E-state index contributed by atoms with van der Waals surface area (Å²) in [7, 11) is 0. The number of para-hydroxylation sites is 6. The Morgan fingerprint density at radius 3 is 0.653 bits per heavy atom. The fraction of sp³-hybridized carbons (Fsp3) is 0. The second-order valence-electron chi connectivity index (χ2n) is 32.5. The van der Waals surface area contributed by atoms with Gasteiger partial charge in [0.1, 0.15) is 11.6 Å². The molecule has 0 spiro atoms. The second kappa shape index (κ2) is 28.6. The highest BCUT2D eigenvalue weighted by Gasteiger charge is 2.27. The predicted molar refractivity (Wildman–Crippen MR) is 523 cm³/mol. The van der Waals surface area contributed by atoms with Gasteiger partial charge in [0.05, 0.1) is 44.1 Å². The van der Waals surface area contributed by atoms with Crippen molar-refractivity contribution in [1.82, 2.24) is 28.2 Å². The van der Waals surface area contributed by atoms with Crippen molar-refractivity contribution in [3.63, 3.8) is 0 Å². The van der Waals surface area contributed by atoms with Crippen molar-refractivity contribution in [2.75, 3.05) is 0 Å². The molecule has 0 fully saturated rings. The van der Waals surface area contributed by atoms with Gasteiger partial charge in [0, 0.05) is 77.0 Å². The Morgan fingerprint density at radius 2 is 0.355 bits per heavy atom. The number of aromatic nitrogens is 6. The fourth-order valence-electron chi connectivity index (χ4n) is 20.5. The Balaban J connectivity index is 0.000000136. The molecule has 576 valence electrons. The molecule has 124 heavy (non-hydrogen) atoms. The molecule has 26 rings (SSSR count). The van der Waals surface area contributed by atoms with E-state index in [0.717, 1.165) is 78.4 Å². The van der Waals surface area contributed by atoms with E-state index in [1.165, 1.54) is 164 Å². The summed E-state index contributed by atoms with van der Waals surface area (Å²) in [5.41, 5.74) is 25.4. The summed E-state index contributed by atoms with van der Waals surface area (Å²) in [4.78, 5) is 11.0. The third kappa shape index (κ3) is 11.0. The zero-order valence-electron chi connectivity index (χ0n) is 67.4. The molecule has 0 atom stereocenters. The van der Waals surface area contributed by atoms with Crippen LogP contribution in [0.4, 0.5) is 0 Å². The molecule has 4 aromatic heterocycles. The normalized spacial score (nSPS) is 11.9. The van der Waals surface area contributed by atoms with E-state index in [2.05, 4.69) is 467 Å². The van der Waals surface area contributed by atoms with Crippen LogP contribution in [0, 0.1) is 0 Å². The van der Waals surface area contributed by atoms with Gasteiger partial charge in [-0.25, -0.2) is 9.97 Å². The first-order valence-corrected chi connectivity index (χ1v) is 42.6. The average Bonchev–Trinajstić information content (AvgIpc) is 1.63. The monoisotopic (exact) mass is 1570 g/mol. The van der Waals surface area contributed by atoms with Gasteiger partial charge in [-0.2, -0.15) is 0 Å². The van der Waals surface area contributed by atoms with Gasteiger partial charge in [0.25, 0.3) is 0 Å². The first kappa shape index (κ1) is 70.5. The van der Waals surface area contributed by atoms with Crippen LogP contribution in [-0.2, 0) is 0 Å². The highest BCUT2D eigenvalue weighted by atomic mass is 15.1. The molecule has 0 aliphatic heterocycles. The third-order valence-electron chi connectivity index (χ3n) is 25.8. The van der Waals surface area contributed by atoms with Gasteiger partial charge in [-0.05, 0) is 182 Å². The van der Waals surface area contributed by atoms with Crippen LogP contribution in [0.3, 0.4) is 0 Å². The lowest BCUT2D eigenvalue weighted by Crippen LogP contribution is -1.98. The third-order valence-corrected chi connectivity index (χ3v) is 25.8. The van der Waals surface area contributed by atoms with Crippen molar-refractivity contribution in [3.8, 4) is 90.0 Å². The number of nitrogens with zero attached hydrogens (tertiary/aromatic N) is 6. The molecule has 6 nitrogen and oxygen atoms in total. The molecule has 26 aromatic rings. The van der Waals surface area contributed by atoms with Crippen molar-refractivity contribution >= 4 is 152 Å². The quantitative estimate of drug-likeness (QED) is 0.101. The number of imidazole rings is 2. The number of hydrogen-bond acceptors (Lipinski definition) is 2. The van der Waals surface area contributed by atoms with E-state index in [1.807, 2.05) is 0 Å². The first-order chi connectivity index (χ1) is 61.6. The number of fused-ring (bicyclic) bond motifs is 22. The van der Waals surface area contributed by atoms with Crippen LogP contribution in [0.2, 0.25) is 0 Å². The van der Waals surface area contributed by atoms with E-state index in [0.29, 0.717) is 0 Å². The van der Waals surface area contributed by atoms with E-state index in [9.17, 15) is 0 Å². The summed E-state index contributed by atoms with van der Waals surface area (Å²) < 4.78 is 9.52. The van der Waals surface area contributed by atoms with Crippen LogP contribution in [-0.4, -0.2) is 28.2 Å². The van der Waals surface area contributed by atoms with Gasteiger partial charge in [0.15, 0.2) is 0 Å². The van der Waals surface area contributed by atoms with Crippen LogP contribution in [0.25, 0.3) is 242 Å². The van der Waals surface area contributed by atoms with Gasteiger partial charge in [-0.3, -0.25) is 9.13 Å². The maximum Gasteiger partial charge on any atom is 0.145 e. The molecule has 0 bridgehead atoms. The van der Waals surface area contributed by atoms with Gasteiger partial charge >= 0.3 is 0 Å². The van der Waals surface area contributed by atoms with E-state index in [1.54, 1.807) is 0 Å². The molecule has 0 saturated carbocycles. The smallest absolute Gasteiger partial charge is 0.145 e. The van der Waals surface area contributed by atoms with E-state index in [4.69, 9.17) is 9.97 Å². The molecule has 22 aromatic carbocycles. The molecule has 0 unspecified atom stereocenters. The topological polar surface area (TPSA) is 45.5 Å². The zero-order valence-corrected chi connectivity index (χ0v) is 67.4. The summed E-state index contributed by atoms with van der Waals surface area (Å²) in [6, 6.07) is 163. The first-order valence-electron chi connectivity index (χ1n) is 42.6. The Kier molecular flexibility index (Phi) is 16.3. The summed E-state index contributed by atoms with van der Waals surface area (Å²) in [5.74, 6) is 1.85. The Morgan fingerprint density at radius 1 is 0.137 bits per heavy atom. The fourth-order valence-corrected chi connectivity index (χ4v) is 20.5. The molecule has 4 heterocycles. The molecule has 6 heteroatoms. The molecule has 0 radical (unpaired) electrons. The Labute approximate surface area is 714 Å². The predicted octanol–water partition coefficient (Wildman–Crippen LogP) is 31.5. The lowest BCUT2D eigenvalue weighted by molar-refractivity contribution is 1.11. The molecule has 0 aliphatic rings. The van der Waals surface area contributed by atoms with Crippen molar-refractivity contribution < 1.29 is 0 Å². The molecular formula is C118H74N6. The highest BCUT2D eigenvalue weighted by Crippen LogP contribution is 2.50. The molecule has 0 saturated heterocycles. The number of hydrogen-bond donors (Lipinski definition) is 0. The lowest BCUT2D eigenvalue weighted by Gasteiger charge is -2.19. The van der Waals surface area contributed by atoms with E-state index >= 15 is 0 Å². The van der Waals surface area contributed by atoms with Gasteiger partial charge in [-0.15, -0.1) is 0 Å². The van der Waals surface area contributed by atoms with Crippen LogP contribution in [0.15, 0.2) is 449 Å². The second-order valence-corrected chi connectivity index (χ2v) is 32.5. The minimum atomic E-state index is 0.924. The number of rotatable bonds is 10. The van der Waals surface area contributed by atoms with E-state index in [-0.39, 0.29) is 0 Å². The maximum absolute atomic E-state index is 5.51. The zero-order chi connectivity index (χ0) is 81.5. The highest BCUT2D eigenvalue weighted by molar-refractivity contribution is 6.28. The summed E-state index contributed by atoms with van der Waals surface area (Å²) in [6.45, 7) is 0.